The molecule has 0 aromatic heterocycles. The Balaban J connectivity index is 3.00. The van der Waals surface area contributed by atoms with Gasteiger partial charge in [0.1, 0.15) is 0 Å². The second-order valence-corrected chi connectivity index (χ2v) is 7.92. The fourth-order valence-corrected chi connectivity index (χ4v) is 3.03. The fraction of sp³-hybridized carbons (Fsp3) is 0.533. The molecule has 1 aromatic carbocycles. The van der Waals surface area contributed by atoms with Crippen LogP contribution in [0.25, 0.3) is 0 Å². The van der Waals surface area contributed by atoms with Gasteiger partial charge in [0.2, 0.25) is 5.91 Å². The summed E-state index contributed by atoms with van der Waals surface area (Å²) < 4.78 is 22.8. The smallest absolute Gasteiger partial charge is 0.244 e. The van der Waals surface area contributed by atoms with Crippen molar-refractivity contribution in [1.82, 2.24) is 0 Å². The van der Waals surface area contributed by atoms with E-state index in [1.165, 1.54) is 6.26 Å². The van der Waals surface area contributed by atoms with Crippen molar-refractivity contribution in [2.24, 2.45) is 5.73 Å². The van der Waals surface area contributed by atoms with Crippen LogP contribution in [0.3, 0.4) is 0 Å². The Morgan fingerprint density at radius 1 is 1.38 bits per heavy atom. The third kappa shape index (κ3) is 5.13. The molecule has 0 saturated carbocycles. The summed E-state index contributed by atoms with van der Waals surface area (Å²) in [5.74, 6) is -0.304. The summed E-state index contributed by atoms with van der Waals surface area (Å²) in [6, 6.07) is 5.23. The Hall–Kier alpha value is -1.40. The summed E-state index contributed by atoms with van der Waals surface area (Å²) in [6.07, 6.45) is 2.59. The van der Waals surface area contributed by atoms with Crippen molar-refractivity contribution in [2.75, 3.05) is 11.6 Å². The van der Waals surface area contributed by atoms with Gasteiger partial charge in [-0.05, 0) is 37.5 Å². The van der Waals surface area contributed by atoms with Crippen molar-refractivity contribution in [3.8, 4) is 0 Å². The summed E-state index contributed by atoms with van der Waals surface area (Å²) in [5, 5.41) is 2.80. The number of hydrogen-bond acceptors (Lipinski definition) is 4. The lowest BCUT2D eigenvalue weighted by Crippen LogP contribution is -2.48. The third-order valence-corrected chi connectivity index (χ3v) is 4.24. The number of rotatable bonds is 6. The zero-order chi connectivity index (χ0) is 16.3. The highest BCUT2D eigenvalue weighted by Crippen LogP contribution is 2.22. The Kier molecular flexibility index (Phi) is 5.53. The van der Waals surface area contributed by atoms with E-state index in [1.807, 2.05) is 6.92 Å². The van der Waals surface area contributed by atoms with Gasteiger partial charge in [-0.15, -0.1) is 0 Å². The van der Waals surface area contributed by atoms with Crippen LogP contribution >= 0.6 is 0 Å². The van der Waals surface area contributed by atoms with Crippen molar-refractivity contribution in [3.63, 3.8) is 0 Å². The number of nitrogens with one attached hydrogen (secondary N) is 1. The molecule has 1 atom stereocenters. The molecule has 0 fully saturated rings. The molecule has 0 saturated heterocycles. The zero-order valence-electron chi connectivity index (χ0n) is 13.1. The summed E-state index contributed by atoms with van der Waals surface area (Å²) >= 11 is 0. The van der Waals surface area contributed by atoms with Crippen molar-refractivity contribution >= 4 is 21.4 Å². The molecule has 0 aliphatic rings. The van der Waals surface area contributed by atoms with E-state index in [-0.39, 0.29) is 11.7 Å². The van der Waals surface area contributed by atoms with Gasteiger partial charge in [0.15, 0.2) is 9.84 Å². The van der Waals surface area contributed by atoms with E-state index in [2.05, 4.69) is 5.32 Å². The average molecular weight is 312 g/mol. The molecular formula is C15H24N2O3S. The van der Waals surface area contributed by atoms with Crippen molar-refractivity contribution in [3.05, 3.63) is 29.3 Å². The Morgan fingerprint density at radius 3 is 2.52 bits per heavy atom. The quantitative estimate of drug-likeness (QED) is 0.840. The van der Waals surface area contributed by atoms with Gasteiger partial charge in [-0.1, -0.05) is 25.5 Å². The molecule has 0 spiro atoms. The zero-order valence-corrected chi connectivity index (χ0v) is 13.9. The van der Waals surface area contributed by atoms with E-state index in [4.69, 9.17) is 5.73 Å². The molecule has 1 aromatic rings. The molecule has 1 amide bonds. The molecule has 6 heteroatoms. The molecule has 1 rings (SSSR count). The van der Waals surface area contributed by atoms with Gasteiger partial charge in [0, 0.05) is 11.9 Å². The molecule has 0 radical (unpaired) electrons. The standard InChI is InChI=1S/C15H24N2O3S/c1-5-9-15(3,16)14(18)17-13-8-6-7-12(11(13)2)10-21(4,19)20/h6-8H,5,9-10,16H2,1-4H3,(H,17,18). The number of amides is 1. The Bertz CT molecular complexity index is 622. The number of anilines is 1. The van der Waals surface area contributed by atoms with Gasteiger partial charge < -0.3 is 11.1 Å². The molecule has 0 aliphatic carbocycles. The lowest BCUT2D eigenvalue weighted by molar-refractivity contribution is -0.120. The van der Waals surface area contributed by atoms with Crippen molar-refractivity contribution in [1.29, 1.82) is 0 Å². The van der Waals surface area contributed by atoms with E-state index >= 15 is 0 Å². The van der Waals surface area contributed by atoms with E-state index in [0.29, 0.717) is 17.7 Å². The highest BCUT2D eigenvalue weighted by atomic mass is 32.2. The number of benzene rings is 1. The lowest BCUT2D eigenvalue weighted by atomic mass is 9.96. The Labute approximate surface area is 126 Å². The molecular weight excluding hydrogens is 288 g/mol. The van der Waals surface area contributed by atoms with Gasteiger partial charge in [-0.2, -0.15) is 0 Å². The first-order valence-corrected chi connectivity index (χ1v) is 8.99. The normalized spacial score (nSPS) is 14.5. The SMILES string of the molecule is CCCC(C)(N)C(=O)Nc1cccc(CS(C)(=O)=O)c1C. The van der Waals surface area contributed by atoms with Gasteiger partial charge in [0.25, 0.3) is 0 Å². The largest absolute Gasteiger partial charge is 0.324 e. The van der Waals surface area contributed by atoms with E-state index in [0.717, 1.165) is 12.0 Å². The highest BCUT2D eigenvalue weighted by Gasteiger charge is 2.27. The van der Waals surface area contributed by atoms with Crippen molar-refractivity contribution in [2.45, 2.75) is 44.9 Å². The molecule has 0 bridgehead atoms. The van der Waals surface area contributed by atoms with E-state index in [1.54, 1.807) is 32.0 Å². The summed E-state index contributed by atoms with van der Waals surface area (Å²) in [4.78, 5) is 12.2. The first-order chi connectivity index (χ1) is 9.57. The summed E-state index contributed by atoms with van der Waals surface area (Å²) in [7, 11) is -3.12. The van der Waals surface area contributed by atoms with Crippen LogP contribution in [0.5, 0.6) is 0 Å². The maximum atomic E-state index is 12.2. The molecule has 3 N–H and O–H groups in total. The number of carbonyl (C=O) groups excluding carboxylic acids is 1. The predicted molar refractivity (Wildman–Crippen MR) is 85.9 cm³/mol. The minimum absolute atomic E-state index is 0.0442. The van der Waals surface area contributed by atoms with Gasteiger partial charge in [-0.3, -0.25) is 4.79 Å². The first-order valence-electron chi connectivity index (χ1n) is 6.93. The summed E-state index contributed by atoms with van der Waals surface area (Å²) in [6.45, 7) is 5.46. The molecule has 118 valence electrons. The van der Waals surface area contributed by atoms with E-state index < -0.39 is 15.4 Å². The van der Waals surface area contributed by atoms with Crippen LogP contribution < -0.4 is 11.1 Å². The molecule has 0 heterocycles. The van der Waals surface area contributed by atoms with Crippen LogP contribution in [0.1, 0.15) is 37.8 Å². The minimum Gasteiger partial charge on any atom is -0.324 e. The molecule has 5 nitrogen and oxygen atoms in total. The highest BCUT2D eigenvalue weighted by molar-refractivity contribution is 7.89. The topological polar surface area (TPSA) is 89.3 Å². The van der Waals surface area contributed by atoms with Crippen molar-refractivity contribution < 1.29 is 13.2 Å². The maximum absolute atomic E-state index is 12.2. The molecule has 1 unspecified atom stereocenters. The lowest BCUT2D eigenvalue weighted by Gasteiger charge is -2.23. The van der Waals surface area contributed by atoms with Crippen LogP contribution in [0.15, 0.2) is 18.2 Å². The first kappa shape index (κ1) is 17.7. The number of nitrogens with two attached hydrogens (primary N) is 1. The van der Waals surface area contributed by atoms with Crippen LogP contribution in [0.2, 0.25) is 0 Å². The van der Waals surface area contributed by atoms with Gasteiger partial charge in [-0.25, -0.2) is 8.42 Å². The minimum atomic E-state index is -3.12. The Morgan fingerprint density at radius 2 is 2.00 bits per heavy atom. The number of hydrogen-bond donors (Lipinski definition) is 2. The monoisotopic (exact) mass is 312 g/mol. The van der Waals surface area contributed by atoms with E-state index in [9.17, 15) is 13.2 Å². The summed E-state index contributed by atoms with van der Waals surface area (Å²) in [5.41, 5.74) is 7.11. The number of carbonyl (C=O) groups is 1. The van der Waals surface area contributed by atoms with Crippen LogP contribution in [0, 0.1) is 6.92 Å². The van der Waals surface area contributed by atoms with Crippen LogP contribution in [0.4, 0.5) is 5.69 Å². The fourth-order valence-electron chi connectivity index (χ4n) is 2.16. The second-order valence-electron chi connectivity index (χ2n) is 5.78. The van der Waals surface area contributed by atoms with Gasteiger partial charge in [0.05, 0.1) is 11.3 Å². The number of sulfone groups is 1. The van der Waals surface area contributed by atoms with Gasteiger partial charge >= 0.3 is 0 Å². The van der Waals surface area contributed by atoms with Crippen LogP contribution in [-0.4, -0.2) is 26.1 Å². The molecule has 21 heavy (non-hydrogen) atoms. The average Bonchev–Trinajstić information content (AvgIpc) is 2.32. The molecule has 0 aliphatic heterocycles. The van der Waals surface area contributed by atoms with Crippen LogP contribution in [-0.2, 0) is 20.4 Å². The second kappa shape index (κ2) is 6.58. The third-order valence-electron chi connectivity index (χ3n) is 3.40. The maximum Gasteiger partial charge on any atom is 0.244 e. The predicted octanol–water partition coefficient (Wildman–Crippen LogP) is 2.00.